The smallest absolute Gasteiger partial charge is 0.324 e. The summed E-state index contributed by atoms with van der Waals surface area (Å²) < 4.78 is 38.6. The first-order valence-electron chi connectivity index (χ1n) is 8.76. The molecule has 0 fully saturated rings. The van der Waals surface area contributed by atoms with Crippen molar-refractivity contribution in [3.05, 3.63) is 52.9 Å². The van der Waals surface area contributed by atoms with E-state index in [1.54, 1.807) is 18.3 Å². The number of nitrogens with zero attached hydrogens (tertiary/aromatic N) is 3. The lowest BCUT2D eigenvalue weighted by Crippen LogP contribution is -2.16. The molecule has 29 heavy (non-hydrogen) atoms. The molecule has 0 aliphatic heterocycles. The van der Waals surface area contributed by atoms with Crippen molar-refractivity contribution in [2.24, 2.45) is 5.41 Å². The number of nitrogens with one attached hydrogen (secondary N) is 1. The molecular formula is C20H19F3N4OS. The van der Waals surface area contributed by atoms with E-state index in [-0.39, 0.29) is 5.95 Å². The summed E-state index contributed by atoms with van der Waals surface area (Å²) >= 11 is 1.48. The van der Waals surface area contributed by atoms with Crippen LogP contribution in [0.25, 0.3) is 10.4 Å². The van der Waals surface area contributed by atoms with Crippen molar-refractivity contribution >= 4 is 29.3 Å². The topological polar surface area (TPSA) is 67.8 Å². The number of alkyl halides is 3. The zero-order valence-corrected chi connectivity index (χ0v) is 16.9. The Kier molecular flexibility index (Phi) is 5.70. The molecule has 0 saturated carbocycles. The van der Waals surface area contributed by atoms with Gasteiger partial charge in [-0.3, -0.25) is 0 Å². The molecule has 2 heterocycles. The minimum absolute atomic E-state index is 0.130. The van der Waals surface area contributed by atoms with Crippen molar-refractivity contribution in [3.63, 3.8) is 0 Å². The van der Waals surface area contributed by atoms with E-state index in [0.29, 0.717) is 12.1 Å². The van der Waals surface area contributed by atoms with Crippen LogP contribution < -0.4 is 5.32 Å². The van der Waals surface area contributed by atoms with E-state index in [0.717, 1.165) is 39.6 Å². The van der Waals surface area contributed by atoms with Crippen molar-refractivity contribution in [3.8, 4) is 10.4 Å². The number of hydrogen-bond acceptors (Lipinski definition) is 6. The number of rotatable bonds is 6. The van der Waals surface area contributed by atoms with Gasteiger partial charge in [-0.25, -0.2) is 15.0 Å². The molecule has 1 aromatic carbocycles. The number of carbonyl (C=O) groups is 1. The van der Waals surface area contributed by atoms with Crippen LogP contribution in [0.5, 0.6) is 0 Å². The van der Waals surface area contributed by atoms with Gasteiger partial charge in [0.2, 0.25) is 5.95 Å². The second-order valence-electron chi connectivity index (χ2n) is 7.38. The van der Waals surface area contributed by atoms with Crippen LogP contribution in [0.3, 0.4) is 0 Å². The van der Waals surface area contributed by atoms with Gasteiger partial charge in [-0.2, -0.15) is 13.2 Å². The number of carbonyl (C=O) groups excluding carboxylic acids is 1. The third-order valence-electron chi connectivity index (χ3n) is 4.04. The Morgan fingerprint density at radius 2 is 1.93 bits per heavy atom. The quantitative estimate of drug-likeness (QED) is 0.538. The Balaban J connectivity index is 1.86. The molecule has 0 atom stereocenters. The van der Waals surface area contributed by atoms with E-state index in [9.17, 15) is 18.0 Å². The first kappa shape index (κ1) is 20.9. The third kappa shape index (κ3) is 5.38. The van der Waals surface area contributed by atoms with Gasteiger partial charge in [-0.05, 0) is 36.2 Å². The standard InChI is InChI=1S/C20H19F3N4OS/c1-12-6-13(15-10-25-17(29-15)9-19(2,3)11-28)8-14(7-12)26-18-24-5-4-16(27-18)20(21,22)23/h4-8,10-11H,9H2,1-3H3,(H,24,26,27). The monoisotopic (exact) mass is 420 g/mol. The molecule has 0 radical (unpaired) electrons. The highest BCUT2D eigenvalue weighted by Crippen LogP contribution is 2.33. The van der Waals surface area contributed by atoms with Gasteiger partial charge in [0.05, 0.1) is 9.88 Å². The molecule has 0 amide bonds. The summed E-state index contributed by atoms with van der Waals surface area (Å²) in [5.74, 6) is -0.130. The lowest BCUT2D eigenvalue weighted by Gasteiger charge is -2.13. The molecule has 0 saturated heterocycles. The first-order valence-corrected chi connectivity index (χ1v) is 9.58. The highest BCUT2D eigenvalue weighted by molar-refractivity contribution is 7.15. The van der Waals surface area contributed by atoms with Gasteiger partial charge in [0.1, 0.15) is 12.0 Å². The fourth-order valence-corrected chi connectivity index (χ4v) is 3.80. The predicted octanol–water partition coefficient (Wildman–Crippen LogP) is 5.44. The maximum atomic E-state index is 12.9. The summed E-state index contributed by atoms with van der Waals surface area (Å²) in [5.41, 5.74) is 0.859. The summed E-state index contributed by atoms with van der Waals surface area (Å²) in [6.07, 6.45) is -0.279. The molecule has 0 aliphatic rings. The molecule has 9 heteroatoms. The maximum Gasteiger partial charge on any atom is 0.433 e. The lowest BCUT2D eigenvalue weighted by molar-refractivity contribution is -0.141. The van der Waals surface area contributed by atoms with Crippen LogP contribution in [-0.2, 0) is 17.4 Å². The number of anilines is 2. The summed E-state index contributed by atoms with van der Waals surface area (Å²) in [4.78, 5) is 23.8. The van der Waals surface area contributed by atoms with E-state index < -0.39 is 17.3 Å². The zero-order chi connectivity index (χ0) is 21.2. The molecule has 0 spiro atoms. The van der Waals surface area contributed by atoms with Crippen LogP contribution in [0, 0.1) is 12.3 Å². The van der Waals surface area contributed by atoms with Gasteiger partial charge < -0.3 is 10.1 Å². The van der Waals surface area contributed by atoms with Gasteiger partial charge in [-0.1, -0.05) is 19.9 Å². The van der Waals surface area contributed by atoms with E-state index in [4.69, 9.17) is 0 Å². The Morgan fingerprint density at radius 1 is 1.17 bits per heavy atom. The number of halogens is 3. The molecule has 0 aliphatic carbocycles. The lowest BCUT2D eigenvalue weighted by atomic mass is 9.92. The van der Waals surface area contributed by atoms with Crippen molar-refractivity contribution in [1.82, 2.24) is 15.0 Å². The fourth-order valence-electron chi connectivity index (χ4n) is 2.66. The average Bonchev–Trinajstić information content (AvgIpc) is 3.08. The average molecular weight is 420 g/mol. The molecule has 152 valence electrons. The fraction of sp³-hybridized carbons (Fsp3) is 0.300. The van der Waals surface area contributed by atoms with Gasteiger partial charge in [0.15, 0.2) is 0 Å². The second kappa shape index (κ2) is 7.90. The van der Waals surface area contributed by atoms with Crippen LogP contribution in [0.2, 0.25) is 0 Å². The Hall–Kier alpha value is -2.81. The van der Waals surface area contributed by atoms with Crippen molar-refractivity contribution in [2.75, 3.05) is 5.32 Å². The van der Waals surface area contributed by atoms with E-state index in [1.807, 2.05) is 26.8 Å². The van der Waals surface area contributed by atoms with Crippen molar-refractivity contribution < 1.29 is 18.0 Å². The Morgan fingerprint density at radius 3 is 2.62 bits per heavy atom. The highest BCUT2D eigenvalue weighted by Gasteiger charge is 2.32. The van der Waals surface area contributed by atoms with Crippen molar-refractivity contribution in [2.45, 2.75) is 33.4 Å². The number of hydrogen-bond donors (Lipinski definition) is 1. The van der Waals surface area contributed by atoms with Gasteiger partial charge >= 0.3 is 6.18 Å². The van der Waals surface area contributed by atoms with E-state index in [2.05, 4.69) is 20.3 Å². The summed E-state index contributed by atoms with van der Waals surface area (Å²) in [6, 6.07) is 6.39. The SMILES string of the molecule is Cc1cc(Nc2nccc(C(F)(F)F)n2)cc(-c2cnc(CC(C)(C)C=O)s2)c1. The minimum atomic E-state index is -4.54. The molecule has 5 nitrogen and oxygen atoms in total. The largest absolute Gasteiger partial charge is 0.433 e. The summed E-state index contributed by atoms with van der Waals surface area (Å²) in [5, 5.41) is 3.68. The molecule has 3 rings (SSSR count). The van der Waals surface area contributed by atoms with Gasteiger partial charge in [0, 0.05) is 29.9 Å². The molecule has 0 unspecified atom stereocenters. The predicted molar refractivity (Wildman–Crippen MR) is 106 cm³/mol. The zero-order valence-electron chi connectivity index (χ0n) is 16.0. The van der Waals surface area contributed by atoms with Crippen LogP contribution in [-0.4, -0.2) is 21.2 Å². The number of benzene rings is 1. The van der Waals surface area contributed by atoms with E-state index in [1.165, 1.54) is 11.3 Å². The normalized spacial score (nSPS) is 12.1. The summed E-state index contributed by atoms with van der Waals surface area (Å²) in [6.45, 7) is 5.59. The Bertz CT molecular complexity index is 1030. The molecular weight excluding hydrogens is 401 g/mol. The number of aldehydes is 1. The van der Waals surface area contributed by atoms with E-state index >= 15 is 0 Å². The highest BCUT2D eigenvalue weighted by atomic mass is 32.1. The number of thiazole rings is 1. The maximum absolute atomic E-state index is 12.9. The molecule has 3 aromatic rings. The number of aryl methyl sites for hydroxylation is 1. The summed E-state index contributed by atoms with van der Waals surface area (Å²) in [7, 11) is 0. The van der Waals surface area contributed by atoms with Crippen LogP contribution in [0.4, 0.5) is 24.8 Å². The molecule has 2 aromatic heterocycles. The first-order chi connectivity index (χ1) is 13.6. The van der Waals surface area contributed by atoms with Crippen LogP contribution in [0.1, 0.15) is 30.1 Å². The van der Waals surface area contributed by atoms with Gasteiger partial charge in [-0.15, -0.1) is 11.3 Å². The van der Waals surface area contributed by atoms with Crippen LogP contribution >= 0.6 is 11.3 Å². The molecule has 0 bridgehead atoms. The van der Waals surface area contributed by atoms with Crippen LogP contribution in [0.15, 0.2) is 36.7 Å². The molecule has 1 N–H and O–H groups in total. The number of aromatic nitrogens is 3. The Labute approximate surface area is 170 Å². The van der Waals surface area contributed by atoms with Crippen molar-refractivity contribution in [1.29, 1.82) is 0 Å². The minimum Gasteiger partial charge on any atom is -0.324 e. The van der Waals surface area contributed by atoms with Gasteiger partial charge in [0.25, 0.3) is 0 Å². The second-order valence-corrected chi connectivity index (χ2v) is 8.49. The third-order valence-corrected chi connectivity index (χ3v) is 5.09.